The van der Waals surface area contributed by atoms with Crippen LogP contribution in [0.1, 0.15) is 10.4 Å². The van der Waals surface area contributed by atoms with E-state index in [1.807, 2.05) is 60.7 Å². The Bertz CT molecular complexity index is 1330. The average molecular weight is 391 g/mol. The number of carbonyl (C=O) groups excluding carboxylic acids is 1. The molecule has 0 atom stereocenters. The van der Waals surface area contributed by atoms with Crippen molar-refractivity contribution in [2.24, 2.45) is 0 Å². The van der Waals surface area contributed by atoms with E-state index in [4.69, 9.17) is 4.98 Å². The SMILES string of the molecule is O=Cc1cnn(-c2nc(Nc3ccccc3)c3cc(-c4ccccc4)ccc3n2)c1. The summed E-state index contributed by atoms with van der Waals surface area (Å²) >= 11 is 0. The lowest BCUT2D eigenvalue weighted by molar-refractivity contribution is 0.112. The van der Waals surface area contributed by atoms with E-state index in [2.05, 4.69) is 33.6 Å². The van der Waals surface area contributed by atoms with Crippen LogP contribution in [0.5, 0.6) is 0 Å². The van der Waals surface area contributed by atoms with Gasteiger partial charge in [-0.25, -0.2) is 9.67 Å². The minimum Gasteiger partial charge on any atom is -0.340 e. The van der Waals surface area contributed by atoms with Crippen LogP contribution < -0.4 is 5.32 Å². The third-order valence-electron chi connectivity index (χ3n) is 4.77. The number of aromatic nitrogens is 4. The fraction of sp³-hybridized carbons (Fsp3) is 0. The van der Waals surface area contributed by atoms with E-state index in [0.29, 0.717) is 17.3 Å². The summed E-state index contributed by atoms with van der Waals surface area (Å²) < 4.78 is 1.50. The van der Waals surface area contributed by atoms with Crippen molar-refractivity contribution in [3.8, 4) is 17.1 Å². The molecule has 0 aliphatic rings. The van der Waals surface area contributed by atoms with Crippen molar-refractivity contribution < 1.29 is 4.79 Å². The highest BCUT2D eigenvalue weighted by Gasteiger charge is 2.12. The largest absolute Gasteiger partial charge is 0.340 e. The van der Waals surface area contributed by atoms with Crippen molar-refractivity contribution in [3.05, 3.63) is 96.8 Å². The number of fused-ring (bicyclic) bond motifs is 1. The number of para-hydroxylation sites is 1. The minimum atomic E-state index is 0.390. The van der Waals surface area contributed by atoms with Crippen LogP contribution in [0.3, 0.4) is 0 Å². The molecule has 30 heavy (non-hydrogen) atoms. The number of nitrogens with one attached hydrogen (secondary N) is 1. The fourth-order valence-electron chi connectivity index (χ4n) is 3.29. The molecule has 6 nitrogen and oxygen atoms in total. The summed E-state index contributed by atoms with van der Waals surface area (Å²) in [6.45, 7) is 0. The normalized spacial score (nSPS) is 10.8. The number of anilines is 2. The smallest absolute Gasteiger partial charge is 0.253 e. The molecular weight excluding hydrogens is 374 g/mol. The molecule has 5 rings (SSSR count). The van der Waals surface area contributed by atoms with Gasteiger partial charge in [-0.3, -0.25) is 4.79 Å². The molecule has 0 saturated heterocycles. The van der Waals surface area contributed by atoms with Crippen LogP contribution in [0.15, 0.2) is 91.3 Å². The summed E-state index contributed by atoms with van der Waals surface area (Å²) in [6.07, 6.45) is 3.85. The van der Waals surface area contributed by atoms with Gasteiger partial charge in [-0.05, 0) is 35.4 Å². The van der Waals surface area contributed by atoms with Gasteiger partial charge in [0.2, 0.25) is 0 Å². The lowest BCUT2D eigenvalue weighted by atomic mass is 10.0. The number of benzene rings is 3. The highest BCUT2D eigenvalue weighted by molar-refractivity contribution is 5.94. The number of nitrogens with zero attached hydrogens (tertiary/aromatic N) is 4. The molecule has 0 aliphatic heterocycles. The maximum Gasteiger partial charge on any atom is 0.253 e. The number of aldehydes is 1. The highest BCUT2D eigenvalue weighted by Crippen LogP contribution is 2.29. The van der Waals surface area contributed by atoms with E-state index >= 15 is 0 Å². The molecule has 0 amide bonds. The first-order valence-electron chi connectivity index (χ1n) is 9.50. The summed E-state index contributed by atoms with van der Waals surface area (Å²) in [5, 5.41) is 8.50. The maximum atomic E-state index is 11.0. The standard InChI is InChI=1S/C24H17N5O/c30-16-17-14-25-29(15-17)24-27-22-12-11-19(18-7-3-1-4-8-18)13-21(22)23(28-24)26-20-9-5-2-6-10-20/h1-16H,(H,26,27,28). The summed E-state index contributed by atoms with van der Waals surface area (Å²) in [6, 6.07) is 26.1. The van der Waals surface area contributed by atoms with Crippen molar-refractivity contribution in [2.75, 3.05) is 5.32 Å². The van der Waals surface area contributed by atoms with Crippen LogP contribution in [0.4, 0.5) is 11.5 Å². The van der Waals surface area contributed by atoms with Crippen LogP contribution in [0.25, 0.3) is 28.0 Å². The molecule has 3 aromatic carbocycles. The van der Waals surface area contributed by atoms with E-state index in [1.165, 1.54) is 10.9 Å². The number of carbonyl (C=O) groups is 1. The van der Waals surface area contributed by atoms with Crippen molar-refractivity contribution in [3.63, 3.8) is 0 Å². The Hall–Kier alpha value is -4.32. The predicted molar refractivity (Wildman–Crippen MR) is 117 cm³/mol. The lowest BCUT2D eigenvalue weighted by Gasteiger charge is -2.12. The zero-order chi connectivity index (χ0) is 20.3. The molecule has 0 unspecified atom stereocenters. The summed E-state index contributed by atoms with van der Waals surface area (Å²) in [4.78, 5) is 20.4. The Kier molecular flexibility index (Phi) is 4.50. The van der Waals surface area contributed by atoms with Gasteiger partial charge in [-0.1, -0.05) is 54.6 Å². The van der Waals surface area contributed by atoms with Gasteiger partial charge in [-0.15, -0.1) is 0 Å². The monoisotopic (exact) mass is 391 g/mol. The van der Waals surface area contributed by atoms with Crippen LogP contribution in [0, 0.1) is 0 Å². The van der Waals surface area contributed by atoms with Gasteiger partial charge in [0, 0.05) is 17.3 Å². The number of hydrogen-bond acceptors (Lipinski definition) is 5. The second-order valence-corrected chi connectivity index (χ2v) is 6.80. The molecule has 0 bridgehead atoms. The molecular formula is C24H17N5O. The third kappa shape index (κ3) is 3.42. The van der Waals surface area contributed by atoms with Crippen LogP contribution >= 0.6 is 0 Å². The summed E-state index contributed by atoms with van der Waals surface area (Å²) in [5.74, 6) is 1.06. The molecule has 5 aromatic rings. The molecule has 2 aromatic heterocycles. The molecule has 1 N–H and O–H groups in total. The summed E-state index contributed by atoms with van der Waals surface area (Å²) in [5.41, 5.74) is 4.37. The van der Waals surface area contributed by atoms with Gasteiger partial charge >= 0.3 is 0 Å². The Morgan fingerprint density at radius 1 is 0.833 bits per heavy atom. The molecule has 0 aliphatic carbocycles. The van der Waals surface area contributed by atoms with Crippen molar-refractivity contribution in [2.45, 2.75) is 0 Å². The van der Waals surface area contributed by atoms with Crippen molar-refractivity contribution in [1.82, 2.24) is 19.7 Å². The Labute approximate surface area is 172 Å². The van der Waals surface area contributed by atoms with Crippen molar-refractivity contribution in [1.29, 1.82) is 0 Å². The zero-order valence-electron chi connectivity index (χ0n) is 15.9. The Balaban J connectivity index is 1.68. The van der Waals surface area contributed by atoms with Gasteiger partial charge in [0.1, 0.15) is 5.82 Å². The second-order valence-electron chi connectivity index (χ2n) is 6.80. The van der Waals surface area contributed by atoms with Gasteiger partial charge in [0.15, 0.2) is 6.29 Å². The topological polar surface area (TPSA) is 72.7 Å². The Morgan fingerprint density at radius 2 is 1.60 bits per heavy atom. The van der Waals surface area contributed by atoms with Crippen LogP contribution in [-0.2, 0) is 0 Å². The van der Waals surface area contributed by atoms with E-state index in [-0.39, 0.29) is 0 Å². The van der Waals surface area contributed by atoms with Crippen LogP contribution in [-0.4, -0.2) is 26.0 Å². The van der Waals surface area contributed by atoms with E-state index in [9.17, 15) is 4.79 Å². The van der Waals surface area contributed by atoms with Gasteiger partial charge in [0.25, 0.3) is 5.95 Å². The minimum absolute atomic E-state index is 0.390. The number of hydrogen-bond donors (Lipinski definition) is 1. The Morgan fingerprint density at radius 3 is 2.33 bits per heavy atom. The zero-order valence-corrected chi connectivity index (χ0v) is 15.9. The first-order chi connectivity index (χ1) is 14.8. The van der Waals surface area contributed by atoms with E-state index in [1.54, 1.807) is 6.20 Å². The van der Waals surface area contributed by atoms with Crippen molar-refractivity contribution >= 4 is 28.7 Å². The van der Waals surface area contributed by atoms with E-state index in [0.717, 1.165) is 34.0 Å². The average Bonchev–Trinajstić information content (AvgIpc) is 3.29. The van der Waals surface area contributed by atoms with Gasteiger partial charge < -0.3 is 5.32 Å². The predicted octanol–water partition coefficient (Wildman–Crippen LogP) is 5.04. The third-order valence-corrected chi connectivity index (χ3v) is 4.77. The molecule has 0 fully saturated rings. The quantitative estimate of drug-likeness (QED) is 0.425. The molecule has 0 spiro atoms. The molecule has 144 valence electrons. The lowest BCUT2D eigenvalue weighted by Crippen LogP contribution is -2.05. The first kappa shape index (κ1) is 17.8. The second kappa shape index (κ2) is 7.60. The number of rotatable bonds is 5. The van der Waals surface area contributed by atoms with Gasteiger partial charge in [-0.2, -0.15) is 10.1 Å². The highest BCUT2D eigenvalue weighted by atomic mass is 16.1. The fourth-order valence-corrected chi connectivity index (χ4v) is 3.29. The van der Waals surface area contributed by atoms with Gasteiger partial charge in [0.05, 0.1) is 17.3 Å². The maximum absolute atomic E-state index is 11.0. The molecule has 0 radical (unpaired) electrons. The molecule has 2 heterocycles. The molecule has 6 heteroatoms. The first-order valence-corrected chi connectivity index (χ1v) is 9.50. The van der Waals surface area contributed by atoms with Crippen LogP contribution in [0.2, 0.25) is 0 Å². The van der Waals surface area contributed by atoms with E-state index < -0.39 is 0 Å². The summed E-state index contributed by atoms with van der Waals surface area (Å²) in [7, 11) is 0. The molecule has 0 saturated carbocycles.